The van der Waals surface area contributed by atoms with Crippen LogP contribution in [0.25, 0.3) is 0 Å². The molecular formula is C13H13F2N3O2S. The van der Waals surface area contributed by atoms with Gasteiger partial charge in [-0.3, -0.25) is 10.1 Å². The Morgan fingerprint density at radius 2 is 2.14 bits per heavy atom. The Balaban J connectivity index is 1.93. The zero-order valence-electron chi connectivity index (χ0n) is 11.2. The fourth-order valence-electron chi connectivity index (χ4n) is 1.82. The zero-order chi connectivity index (χ0) is 15.4. The minimum Gasteiger partial charge on any atom is -0.312 e. The van der Waals surface area contributed by atoms with Crippen LogP contribution in [0.15, 0.2) is 17.5 Å². The Labute approximate surface area is 123 Å². The van der Waals surface area contributed by atoms with Crippen LogP contribution in [0.5, 0.6) is 0 Å². The van der Waals surface area contributed by atoms with E-state index in [2.05, 4.69) is 10.3 Å². The van der Waals surface area contributed by atoms with Gasteiger partial charge >= 0.3 is 5.69 Å². The smallest absolute Gasteiger partial charge is 0.305 e. The van der Waals surface area contributed by atoms with Crippen LogP contribution >= 0.6 is 11.3 Å². The highest BCUT2D eigenvalue weighted by molar-refractivity contribution is 7.09. The molecule has 1 N–H and O–H groups in total. The van der Waals surface area contributed by atoms with Crippen molar-refractivity contribution in [2.45, 2.75) is 19.9 Å². The lowest BCUT2D eigenvalue weighted by molar-refractivity contribution is -0.387. The van der Waals surface area contributed by atoms with E-state index < -0.39 is 22.2 Å². The van der Waals surface area contributed by atoms with E-state index in [0.717, 1.165) is 16.8 Å². The molecule has 0 atom stereocenters. The average molecular weight is 313 g/mol. The largest absolute Gasteiger partial charge is 0.312 e. The quantitative estimate of drug-likeness (QED) is 0.506. The van der Waals surface area contributed by atoms with Crippen molar-refractivity contribution in [2.24, 2.45) is 0 Å². The van der Waals surface area contributed by atoms with E-state index in [-0.39, 0.29) is 12.1 Å². The fourth-order valence-corrected chi connectivity index (χ4v) is 2.47. The van der Waals surface area contributed by atoms with E-state index in [0.29, 0.717) is 19.0 Å². The van der Waals surface area contributed by atoms with Gasteiger partial charge in [0.2, 0.25) is 5.82 Å². The molecule has 1 aromatic heterocycles. The van der Waals surface area contributed by atoms with Crippen molar-refractivity contribution in [2.75, 3.05) is 6.54 Å². The summed E-state index contributed by atoms with van der Waals surface area (Å²) in [5.74, 6) is -1.96. The van der Waals surface area contributed by atoms with Crippen molar-refractivity contribution in [3.05, 3.63) is 55.5 Å². The van der Waals surface area contributed by atoms with Crippen molar-refractivity contribution in [3.63, 3.8) is 0 Å². The second kappa shape index (κ2) is 6.68. The molecule has 8 heteroatoms. The lowest BCUT2D eigenvalue weighted by Crippen LogP contribution is -2.18. The SMILES string of the molecule is Cc1nc(CCNCc2cc([N+](=O)[O-])c(F)cc2F)cs1. The van der Waals surface area contributed by atoms with E-state index in [1.807, 2.05) is 12.3 Å². The molecule has 1 heterocycles. The average Bonchev–Trinajstić information content (AvgIpc) is 2.82. The maximum atomic E-state index is 13.5. The highest BCUT2D eigenvalue weighted by Crippen LogP contribution is 2.21. The molecule has 0 saturated heterocycles. The Hall–Kier alpha value is -1.93. The molecule has 0 saturated carbocycles. The van der Waals surface area contributed by atoms with Crippen LogP contribution < -0.4 is 5.32 Å². The molecular weight excluding hydrogens is 300 g/mol. The monoisotopic (exact) mass is 313 g/mol. The van der Waals surface area contributed by atoms with Gasteiger partial charge in [-0.15, -0.1) is 11.3 Å². The summed E-state index contributed by atoms with van der Waals surface area (Å²) < 4.78 is 26.7. The lowest BCUT2D eigenvalue weighted by atomic mass is 10.1. The first kappa shape index (κ1) is 15.5. The first-order valence-electron chi connectivity index (χ1n) is 6.21. The summed E-state index contributed by atoms with van der Waals surface area (Å²) in [5, 5.41) is 16.5. The molecule has 0 unspecified atom stereocenters. The van der Waals surface area contributed by atoms with E-state index >= 15 is 0 Å². The summed E-state index contributed by atoms with van der Waals surface area (Å²) in [6.45, 7) is 2.55. The number of nitro groups is 1. The van der Waals surface area contributed by atoms with Crippen molar-refractivity contribution >= 4 is 17.0 Å². The summed E-state index contributed by atoms with van der Waals surface area (Å²) in [7, 11) is 0. The minimum absolute atomic E-state index is 0.0672. The number of aryl methyl sites for hydroxylation is 1. The molecule has 0 spiro atoms. The number of hydrogen-bond acceptors (Lipinski definition) is 5. The minimum atomic E-state index is -1.17. The molecule has 0 aliphatic heterocycles. The summed E-state index contributed by atoms with van der Waals surface area (Å²) in [5.41, 5.74) is 0.288. The van der Waals surface area contributed by atoms with Crippen LogP contribution in [0, 0.1) is 28.7 Å². The normalized spacial score (nSPS) is 10.8. The van der Waals surface area contributed by atoms with E-state index in [4.69, 9.17) is 0 Å². The van der Waals surface area contributed by atoms with Gasteiger partial charge in [0.15, 0.2) is 0 Å². The van der Waals surface area contributed by atoms with Gasteiger partial charge in [-0.1, -0.05) is 0 Å². The Bertz CT molecular complexity index is 661. The number of rotatable bonds is 6. The topological polar surface area (TPSA) is 68.1 Å². The van der Waals surface area contributed by atoms with E-state index in [9.17, 15) is 18.9 Å². The molecule has 21 heavy (non-hydrogen) atoms. The van der Waals surface area contributed by atoms with Gasteiger partial charge in [0.25, 0.3) is 0 Å². The van der Waals surface area contributed by atoms with Crippen LogP contribution in [0.2, 0.25) is 0 Å². The second-order valence-corrected chi connectivity index (χ2v) is 5.50. The Morgan fingerprint density at radius 1 is 1.38 bits per heavy atom. The van der Waals surface area contributed by atoms with Crippen molar-refractivity contribution in [1.29, 1.82) is 0 Å². The number of thiazole rings is 1. The molecule has 1 aromatic carbocycles. The lowest BCUT2D eigenvalue weighted by Gasteiger charge is -2.06. The van der Waals surface area contributed by atoms with E-state index in [1.54, 1.807) is 11.3 Å². The van der Waals surface area contributed by atoms with Crippen molar-refractivity contribution < 1.29 is 13.7 Å². The Morgan fingerprint density at radius 3 is 2.76 bits per heavy atom. The van der Waals surface area contributed by atoms with Gasteiger partial charge in [0.1, 0.15) is 5.82 Å². The third-order valence-electron chi connectivity index (χ3n) is 2.85. The van der Waals surface area contributed by atoms with Gasteiger partial charge in [-0.2, -0.15) is 4.39 Å². The number of benzene rings is 1. The summed E-state index contributed by atoms with van der Waals surface area (Å²) in [6.07, 6.45) is 0.676. The highest BCUT2D eigenvalue weighted by Gasteiger charge is 2.18. The highest BCUT2D eigenvalue weighted by atomic mass is 32.1. The van der Waals surface area contributed by atoms with Crippen LogP contribution in [-0.2, 0) is 13.0 Å². The van der Waals surface area contributed by atoms with Gasteiger partial charge in [0.05, 0.1) is 15.6 Å². The molecule has 0 bridgehead atoms. The molecule has 2 aromatic rings. The van der Waals surface area contributed by atoms with Crippen LogP contribution in [0.4, 0.5) is 14.5 Å². The van der Waals surface area contributed by atoms with Gasteiger partial charge in [0, 0.05) is 42.6 Å². The van der Waals surface area contributed by atoms with Crippen LogP contribution in [0.1, 0.15) is 16.3 Å². The molecule has 112 valence electrons. The first-order valence-corrected chi connectivity index (χ1v) is 7.09. The maximum absolute atomic E-state index is 13.5. The number of hydrogen-bond donors (Lipinski definition) is 1. The second-order valence-electron chi connectivity index (χ2n) is 4.44. The number of aromatic nitrogens is 1. The predicted molar refractivity (Wildman–Crippen MR) is 75.3 cm³/mol. The molecule has 0 aliphatic carbocycles. The van der Waals surface area contributed by atoms with Crippen molar-refractivity contribution in [1.82, 2.24) is 10.3 Å². The number of halogens is 2. The summed E-state index contributed by atoms with van der Waals surface area (Å²) in [6, 6.07) is 1.46. The Kier molecular flexibility index (Phi) is 4.92. The zero-order valence-corrected chi connectivity index (χ0v) is 12.0. The summed E-state index contributed by atoms with van der Waals surface area (Å²) in [4.78, 5) is 14.0. The molecule has 5 nitrogen and oxygen atoms in total. The van der Waals surface area contributed by atoms with Crippen LogP contribution in [0.3, 0.4) is 0 Å². The molecule has 0 fully saturated rings. The molecule has 2 rings (SSSR count). The molecule has 0 aliphatic rings. The molecule has 0 amide bonds. The standard InChI is InChI=1S/C13H13F2N3O2S/c1-8-17-10(7-21-8)2-3-16-6-9-4-13(18(19)20)12(15)5-11(9)14/h4-5,7,16H,2-3,6H2,1H3. The first-order chi connectivity index (χ1) is 9.97. The third kappa shape index (κ3) is 4.02. The maximum Gasteiger partial charge on any atom is 0.305 e. The summed E-state index contributed by atoms with van der Waals surface area (Å²) >= 11 is 1.55. The van der Waals surface area contributed by atoms with Gasteiger partial charge in [-0.05, 0) is 6.92 Å². The van der Waals surface area contributed by atoms with Crippen molar-refractivity contribution in [3.8, 4) is 0 Å². The number of nitrogens with zero attached hydrogens (tertiary/aromatic N) is 2. The predicted octanol–water partition coefficient (Wildman–Crippen LogP) is 2.97. The van der Waals surface area contributed by atoms with Crippen LogP contribution in [-0.4, -0.2) is 16.5 Å². The number of nitro benzene ring substituents is 1. The van der Waals surface area contributed by atoms with Gasteiger partial charge < -0.3 is 5.32 Å². The van der Waals surface area contributed by atoms with Gasteiger partial charge in [-0.25, -0.2) is 9.37 Å². The third-order valence-corrected chi connectivity index (χ3v) is 3.67. The molecule has 0 radical (unpaired) electrons. The number of nitrogens with one attached hydrogen (secondary N) is 1. The fraction of sp³-hybridized carbons (Fsp3) is 0.308. The van der Waals surface area contributed by atoms with E-state index in [1.165, 1.54) is 0 Å².